The molecule has 0 heterocycles. The van der Waals surface area contributed by atoms with Gasteiger partial charge in [-0.1, -0.05) is 48.4 Å². The van der Waals surface area contributed by atoms with Gasteiger partial charge >= 0.3 is 0 Å². The van der Waals surface area contributed by atoms with Crippen molar-refractivity contribution in [1.82, 2.24) is 10.2 Å². The quantitative estimate of drug-likeness (QED) is 0.701. The summed E-state index contributed by atoms with van der Waals surface area (Å²) in [6.45, 7) is 8.81. The number of carbonyl (C=O) groups excluding carboxylic acids is 2. The number of amides is 2. The Labute approximate surface area is 174 Å². The molecule has 0 aliphatic rings. The van der Waals surface area contributed by atoms with E-state index in [0.29, 0.717) is 13.1 Å². The average molecular weight is 397 g/mol. The maximum absolute atomic E-state index is 13.2. The molecule has 5 heteroatoms. The van der Waals surface area contributed by atoms with Gasteiger partial charge in [-0.2, -0.15) is 0 Å². The molecule has 0 unspecified atom stereocenters. The lowest BCUT2D eigenvalue weighted by Gasteiger charge is -2.29. The monoisotopic (exact) mass is 396 g/mol. The number of nitrogens with zero attached hydrogens (tertiary/aromatic N) is 1. The average Bonchev–Trinajstić information content (AvgIpc) is 2.69. The van der Waals surface area contributed by atoms with Crippen LogP contribution in [0.2, 0.25) is 0 Å². The minimum Gasteiger partial charge on any atom is -0.497 e. The molecule has 0 fully saturated rings. The van der Waals surface area contributed by atoms with Crippen molar-refractivity contribution in [3.8, 4) is 5.75 Å². The number of aryl methyl sites for hydroxylation is 2. The third-order valence-corrected chi connectivity index (χ3v) is 4.87. The van der Waals surface area contributed by atoms with E-state index in [1.54, 1.807) is 18.9 Å². The summed E-state index contributed by atoms with van der Waals surface area (Å²) in [4.78, 5) is 27.4. The van der Waals surface area contributed by atoms with Crippen molar-refractivity contribution in [3.63, 3.8) is 0 Å². The van der Waals surface area contributed by atoms with Crippen molar-refractivity contribution in [3.05, 3.63) is 64.7 Å². The molecule has 2 rings (SSSR count). The van der Waals surface area contributed by atoms with E-state index in [2.05, 4.69) is 11.4 Å². The first-order chi connectivity index (χ1) is 13.8. The molecule has 2 amide bonds. The zero-order valence-corrected chi connectivity index (χ0v) is 18.1. The van der Waals surface area contributed by atoms with Gasteiger partial charge in [0.05, 0.1) is 13.5 Å². The van der Waals surface area contributed by atoms with Crippen molar-refractivity contribution < 1.29 is 14.3 Å². The largest absolute Gasteiger partial charge is 0.497 e. The van der Waals surface area contributed by atoms with Gasteiger partial charge < -0.3 is 15.0 Å². The predicted octanol–water partition coefficient (Wildman–Crippen LogP) is 3.80. The fraction of sp³-hybridized carbons (Fsp3) is 0.417. The molecule has 0 aromatic heterocycles. The van der Waals surface area contributed by atoms with E-state index in [1.165, 1.54) is 0 Å². The van der Waals surface area contributed by atoms with E-state index < -0.39 is 6.04 Å². The lowest BCUT2D eigenvalue weighted by atomic mass is 10.0. The lowest BCUT2D eigenvalue weighted by Crippen LogP contribution is -2.48. The first kappa shape index (κ1) is 22.5. The van der Waals surface area contributed by atoms with E-state index in [9.17, 15) is 9.59 Å². The first-order valence-electron chi connectivity index (χ1n) is 10.1. The Morgan fingerprint density at radius 1 is 1.03 bits per heavy atom. The second kappa shape index (κ2) is 10.6. The van der Waals surface area contributed by atoms with Crippen LogP contribution in [0.5, 0.6) is 5.75 Å². The maximum Gasteiger partial charge on any atom is 0.242 e. The summed E-state index contributed by atoms with van der Waals surface area (Å²) in [6.07, 6.45) is 1.12. The Morgan fingerprint density at radius 3 is 2.21 bits per heavy atom. The molecule has 0 aliphatic heterocycles. The summed E-state index contributed by atoms with van der Waals surface area (Å²) < 4.78 is 5.21. The van der Waals surface area contributed by atoms with E-state index in [1.807, 2.05) is 57.2 Å². The molecule has 5 nitrogen and oxygen atoms in total. The lowest BCUT2D eigenvalue weighted by molar-refractivity contribution is -0.140. The smallest absolute Gasteiger partial charge is 0.242 e. The molecule has 0 bridgehead atoms. The van der Waals surface area contributed by atoms with Gasteiger partial charge in [-0.15, -0.1) is 0 Å². The Hall–Kier alpha value is -2.82. The summed E-state index contributed by atoms with van der Waals surface area (Å²) in [5.41, 5.74) is 4.18. The van der Waals surface area contributed by atoms with Crippen LogP contribution in [0.1, 0.15) is 42.5 Å². The number of methoxy groups -OCH3 is 1. The molecule has 0 aliphatic carbocycles. The van der Waals surface area contributed by atoms with Crippen molar-refractivity contribution in [2.75, 3.05) is 13.7 Å². The number of ether oxygens (including phenoxy) is 1. The number of rotatable bonds is 9. The van der Waals surface area contributed by atoms with Gasteiger partial charge in [0, 0.05) is 13.1 Å². The molecule has 0 saturated carbocycles. The second-order valence-corrected chi connectivity index (χ2v) is 7.51. The summed E-state index contributed by atoms with van der Waals surface area (Å²) in [5.74, 6) is 0.565. The summed E-state index contributed by atoms with van der Waals surface area (Å²) >= 11 is 0. The zero-order chi connectivity index (χ0) is 21.4. The van der Waals surface area contributed by atoms with Crippen molar-refractivity contribution in [1.29, 1.82) is 0 Å². The summed E-state index contributed by atoms with van der Waals surface area (Å²) in [7, 11) is 1.62. The molecule has 156 valence electrons. The van der Waals surface area contributed by atoms with E-state index in [0.717, 1.165) is 34.4 Å². The topological polar surface area (TPSA) is 58.6 Å². The Morgan fingerprint density at radius 2 is 1.66 bits per heavy atom. The van der Waals surface area contributed by atoms with E-state index in [4.69, 9.17) is 4.74 Å². The van der Waals surface area contributed by atoms with Crippen LogP contribution >= 0.6 is 0 Å². The van der Waals surface area contributed by atoms with Crippen LogP contribution in [0.25, 0.3) is 0 Å². The van der Waals surface area contributed by atoms with Gasteiger partial charge in [-0.05, 0) is 50.5 Å². The van der Waals surface area contributed by atoms with Gasteiger partial charge in [-0.25, -0.2) is 0 Å². The molecule has 1 N–H and O–H groups in total. The van der Waals surface area contributed by atoms with Crippen molar-refractivity contribution in [2.45, 2.75) is 53.1 Å². The highest BCUT2D eigenvalue weighted by Gasteiger charge is 2.26. The highest BCUT2D eigenvalue weighted by Crippen LogP contribution is 2.17. The predicted molar refractivity (Wildman–Crippen MR) is 116 cm³/mol. The minimum atomic E-state index is -0.554. The van der Waals surface area contributed by atoms with E-state index in [-0.39, 0.29) is 18.2 Å². The first-order valence-corrected chi connectivity index (χ1v) is 10.1. The fourth-order valence-corrected chi connectivity index (χ4v) is 3.35. The molecule has 0 radical (unpaired) electrons. The Balaban J connectivity index is 2.23. The van der Waals surface area contributed by atoms with Gasteiger partial charge in [0.25, 0.3) is 0 Å². The SMILES string of the molecule is CCCNC(=O)[C@@H](C)N(Cc1ccc(OC)cc1)C(=O)Cc1cc(C)cc(C)c1. The Bertz CT molecular complexity index is 810. The standard InChI is InChI=1S/C24H32N2O3/c1-6-11-25-24(28)19(4)26(16-20-7-9-22(29-5)10-8-20)23(27)15-21-13-17(2)12-18(3)14-21/h7-10,12-14,19H,6,11,15-16H2,1-5H3,(H,25,28)/t19-/m1/s1. The normalized spacial score (nSPS) is 11.6. The number of hydrogen-bond donors (Lipinski definition) is 1. The van der Waals surface area contributed by atoms with Crippen LogP contribution in [-0.4, -0.2) is 36.4 Å². The zero-order valence-electron chi connectivity index (χ0n) is 18.1. The fourth-order valence-electron chi connectivity index (χ4n) is 3.35. The van der Waals surface area contributed by atoms with Gasteiger partial charge in [0.15, 0.2) is 0 Å². The molecule has 0 saturated heterocycles. The van der Waals surface area contributed by atoms with Crippen molar-refractivity contribution in [2.24, 2.45) is 0 Å². The number of nitrogens with one attached hydrogen (secondary N) is 1. The van der Waals surface area contributed by atoms with Crippen LogP contribution in [-0.2, 0) is 22.6 Å². The highest BCUT2D eigenvalue weighted by molar-refractivity contribution is 5.88. The van der Waals surface area contributed by atoms with Crippen LogP contribution in [0.4, 0.5) is 0 Å². The third kappa shape index (κ3) is 6.63. The molecule has 2 aromatic carbocycles. The second-order valence-electron chi connectivity index (χ2n) is 7.51. The molecule has 29 heavy (non-hydrogen) atoms. The molecule has 1 atom stereocenters. The maximum atomic E-state index is 13.2. The minimum absolute atomic E-state index is 0.0648. The molecular formula is C24H32N2O3. The molecule has 2 aromatic rings. The van der Waals surface area contributed by atoms with Crippen LogP contribution in [0.3, 0.4) is 0 Å². The summed E-state index contributed by atoms with van der Waals surface area (Å²) in [6, 6.07) is 13.2. The molecular weight excluding hydrogens is 364 g/mol. The van der Waals surface area contributed by atoms with Crippen LogP contribution < -0.4 is 10.1 Å². The van der Waals surface area contributed by atoms with Crippen LogP contribution in [0.15, 0.2) is 42.5 Å². The van der Waals surface area contributed by atoms with Crippen molar-refractivity contribution >= 4 is 11.8 Å². The van der Waals surface area contributed by atoms with Gasteiger partial charge in [0.1, 0.15) is 11.8 Å². The van der Waals surface area contributed by atoms with Crippen LogP contribution in [0, 0.1) is 13.8 Å². The number of carbonyl (C=O) groups is 2. The number of benzene rings is 2. The van der Waals surface area contributed by atoms with Gasteiger partial charge in [0.2, 0.25) is 11.8 Å². The highest BCUT2D eigenvalue weighted by atomic mass is 16.5. The van der Waals surface area contributed by atoms with Gasteiger partial charge in [-0.3, -0.25) is 9.59 Å². The number of hydrogen-bond acceptors (Lipinski definition) is 3. The molecule has 0 spiro atoms. The third-order valence-electron chi connectivity index (χ3n) is 4.87. The summed E-state index contributed by atoms with van der Waals surface area (Å²) in [5, 5.41) is 2.90. The Kier molecular flexibility index (Phi) is 8.25. The van der Waals surface area contributed by atoms with E-state index >= 15 is 0 Å².